The second kappa shape index (κ2) is 8.58. The Bertz CT molecular complexity index is 1460. The number of aromatic nitrogens is 3. The van der Waals surface area contributed by atoms with Crippen LogP contribution in [-0.2, 0) is 16.4 Å². The van der Waals surface area contributed by atoms with E-state index in [1.165, 1.54) is 22.2 Å². The number of benzene rings is 2. The van der Waals surface area contributed by atoms with Crippen LogP contribution in [0, 0.1) is 0 Å². The molecule has 0 bridgehead atoms. The normalized spacial score (nSPS) is 11.4. The Morgan fingerprint density at radius 2 is 1.73 bits per heavy atom. The molecular weight excluding hydrogens is 466 g/mol. The molecule has 33 heavy (non-hydrogen) atoms. The van der Waals surface area contributed by atoms with Crippen molar-refractivity contribution in [1.29, 1.82) is 0 Å². The number of rotatable bonds is 7. The number of carboxylic acid groups (broad SMARTS) is 1. The maximum atomic E-state index is 12.5. The summed E-state index contributed by atoms with van der Waals surface area (Å²) in [5.74, 6) is -1.98. The van der Waals surface area contributed by atoms with Crippen LogP contribution in [0.2, 0.25) is 0 Å². The summed E-state index contributed by atoms with van der Waals surface area (Å²) in [6, 6.07) is 15.0. The number of carboxylic acids is 1. The quantitative estimate of drug-likeness (QED) is 0.361. The van der Waals surface area contributed by atoms with Gasteiger partial charge in [-0.15, -0.1) is 11.3 Å². The number of carbonyl (C=O) groups excluding carboxylic acids is 1. The van der Waals surface area contributed by atoms with Crippen molar-refractivity contribution in [2.45, 2.75) is 11.3 Å². The molecule has 0 unspecified atom stereocenters. The average Bonchev–Trinajstić information content (AvgIpc) is 3.39. The first kappa shape index (κ1) is 22.3. The second-order valence-corrected chi connectivity index (χ2v) is 9.40. The third-order valence-corrected chi connectivity index (χ3v) is 6.53. The molecule has 0 aliphatic carbocycles. The zero-order valence-electron chi connectivity index (χ0n) is 16.9. The van der Waals surface area contributed by atoms with E-state index >= 15 is 0 Å². The maximum Gasteiger partial charge on any atom is 0.355 e. The third kappa shape index (κ3) is 4.53. The number of nitrogens with two attached hydrogens (primary N) is 2. The third-order valence-electron chi connectivity index (χ3n) is 4.79. The molecule has 4 rings (SSSR count). The predicted octanol–water partition coefficient (Wildman–Crippen LogP) is 2.03. The number of primary sulfonamides is 1. The molecule has 0 radical (unpaired) electrons. The molecule has 10 nitrogen and oxygen atoms in total. The van der Waals surface area contributed by atoms with Crippen molar-refractivity contribution in [3.63, 3.8) is 0 Å². The van der Waals surface area contributed by atoms with Gasteiger partial charge in [0, 0.05) is 22.9 Å². The van der Waals surface area contributed by atoms with Crippen LogP contribution < -0.4 is 10.9 Å². The molecule has 2 heterocycles. The van der Waals surface area contributed by atoms with Crippen molar-refractivity contribution < 1.29 is 23.1 Å². The molecule has 5 N–H and O–H groups in total. The van der Waals surface area contributed by atoms with Crippen molar-refractivity contribution in [3.05, 3.63) is 82.5 Å². The van der Waals surface area contributed by atoms with Gasteiger partial charge in [0.25, 0.3) is 5.91 Å². The Hall–Kier alpha value is -3.87. The van der Waals surface area contributed by atoms with E-state index in [0.29, 0.717) is 22.4 Å². The molecule has 168 valence electrons. The predicted molar refractivity (Wildman–Crippen MR) is 121 cm³/mol. The lowest BCUT2D eigenvalue weighted by molar-refractivity contribution is 0.0691. The van der Waals surface area contributed by atoms with Crippen LogP contribution in [0.4, 0.5) is 0 Å². The zero-order valence-corrected chi connectivity index (χ0v) is 18.5. The Morgan fingerprint density at radius 1 is 1.06 bits per heavy atom. The molecule has 2 aromatic heterocycles. The number of carbonyl (C=O) groups is 2. The Kier molecular flexibility index (Phi) is 5.80. The molecule has 0 saturated heterocycles. The molecule has 0 atom stereocenters. The summed E-state index contributed by atoms with van der Waals surface area (Å²) in [4.78, 5) is 27.8. The van der Waals surface area contributed by atoms with Crippen molar-refractivity contribution in [2.75, 3.05) is 0 Å². The van der Waals surface area contributed by atoms with E-state index in [-0.39, 0.29) is 27.8 Å². The van der Waals surface area contributed by atoms with Crippen molar-refractivity contribution in [1.82, 2.24) is 14.8 Å². The molecule has 4 aromatic rings. The van der Waals surface area contributed by atoms with Crippen molar-refractivity contribution >= 4 is 33.2 Å². The van der Waals surface area contributed by atoms with Gasteiger partial charge in [-0.05, 0) is 17.7 Å². The number of amides is 1. The largest absolute Gasteiger partial charge is 0.476 e. The maximum absolute atomic E-state index is 12.5. The molecule has 0 spiro atoms. The van der Waals surface area contributed by atoms with Gasteiger partial charge in [-0.1, -0.05) is 42.5 Å². The standard InChI is InChI=1S/C21H17N5O5S2/c22-19(27)18-15(10-12-6-8-14(9-7-12)33(23,30)31)17(13-4-2-1-3-5-13)25-26(18)21-24-16(11-32-21)20(28)29/h1-9,11H,10H2,(H2,22,27)(H,28,29)(H2,23,30,31). The fourth-order valence-corrected chi connectivity index (χ4v) is 4.57. The number of nitrogens with zero attached hydrogens (tertiary/aromatic N) is 3. The summed E-state index contributed by atoms with van der Waals surface area (Å²) in [5.41, 5.74) is 7.94. The van der Waals surface area contributed by atoms with Crippen LogP contribution in [-0.4, -0.2) is 40.2 Å². The fraction of sp³-hybridized carbons (Fsp3) is 0.0476. The molecule has 0 fully saturated rings. The van der Waals surface area contributed by atoms with Gasteiger partial charge in [0.1, 0.15) is 5.69 Å². The number of thiazole rings is 1. The van der Waals surface area contributed by atoms with E-state index in [2.05, 4.69) is 10.1 Å². The van der Waals surface area contributed by atoms with Gasteiger partial charge in [-0.25, -0.2) is 23.3 Å². The van der Waals surface area contributed by atoms with Gasteiger partial charge in [0.15, 0.2) is 5.69 Å². The number of primary amides is 1. The van der Waals surface area contributed by atoms with Crippen molar-refractivity contribution in [3.8, 4) is 16.4 Å². The van der Waals surface area contributed by atoms with Crippen LogP contribution in [0.25, 0.3) is 16.4 Å². The van der Waals surface area contributed by atoms with E-state index in [1.807, 2.05) is 30.3 Å². The van der Waals surface area contributed by atoms with Gasteiger partial charge in [0.05, 0.1) is 10.6 Å². The van der Waals surface area contributed by atoms with Crippen LogP contribution in [0.3, 0.4) is 0 Å². The smallest absolute Gasteiger partial charge is 0.355 e. The topological polar surface area (TPSA) is 171 Å². The highest BCUT2D eigenvalue weighted by molar-refractivity contribution is 7.89. The Morgan fingerprint density at radius 3 is 2.27 bits per heavy atom. The van der Waals surface area contributed by atoms with E-state index < -0.39 is 21.9 Å². The Labute approximate surface area is 192 Å². The van der Waals surface area contributed by atoms with Crippen LogP contribution in [0.1, 0.15) is 32.1 Å². The number of hydrogen-bond acceptors (Lipinski definition) is 7. The lowest BCUT2D eigenvalue weighted by Crippen LogP contribution is -2.19. The average molecular weight is 484 g/mol. The monoisotopic (exact) mass is 483 g/mol. The van der Waals surface area contributed by atoms with E-state index in [4.69, 9.17) is 10.9 Å². The van der Waals surface area contributed by atoms with Gasteiger partial charge >= 0.3 is 5.97 Å². The molecule has 12 heteroatoms. The Balaban J connectivity index is 1.89. The van der Waals surface area contributed by atoms with E-state index in [1.54, 1.807) is 12.1 Å². The highest BCUT2D eigenvalue weighted by Crippen LogP contribution is 2.30. The minimum Gasteiger partial charge on any atom is -0.476 e. The summed E-state index contributed by atoms with van der Waals surface area (Å²) in [5, 5.41) is 20.4. The molecule has 0 saturated carbocycles. The SMILES string of the molecule is NC(=O)c1c(Cc2ccc(S(N)(=O)=O)cc2)c(-c2ccccc2)nn1-c1nc(C(=O)O)cs1. The summed E-state index contributed by atoms with van der Waals surface area (Å²) in [7, 11) is -3.85. The van der Waals surface area contributed by atoms with Crippen LogP contribution in [0.5, 0.6) is 0 Å². The molecule has 0 aliphatic heterocycles. The summed E-state index contributed by atoms with van der Waals surface area (Å²) in [6.45, 7) is 0. The van der Waals surface area contributed by atoms with Gasteiger partial charge in [-0.3, -0.25) is 4.79 Å². The molecule has 0 aliphatic rings. The lowest BCUT2D eigenvalue weighted by Gasteiger charge is -2.07. The highest BCUT2D eigenvalue weighted by Gasteiger charge is 2.26. The number of sulfonamides is 1. The first-order chi connectivity index (χ1) is 15.6. The summed E-state index contributed by atoms with van der Waals surface area (Å²) >= 11 is 1.01. The van der Waals surface area contributed by atoms with Crippen LogP contribution in [0.15, 0.2) is 64.9 Å². The van der Waals surface area contributed by atoms with Gasteiger partial charge < -0.3 is 10.8 Å². The van der Waals surface area contributed by atoms with Gasteiger partial charge in [0.2, 0.25) is 15.2 Å². The summed E-state index contributed by atoms with van der Waals surface area (Å²) in [6.07, 6.45) is 0.199. The highest BCUT2D eigenvalue weighted by atomic mass is 32.2. The molecule has 2 aromatic carbocycles. The molecule has 1 amide bonds. The first-order valence-corrected chi connectivity index (χ1v) is 11.9. The lowest BCUT2D eigenvalue weighted by atomic mass is 9.99. The number of hydrogen-bond donors (Lipinski definition) is 3. The minimum atomic E-state index is -3.85. The zero-order chi connectivity index (χ0) is 23.8. The minimum absolute atomic E-state index is 0.0376. The van der Waals surface area contributed by atoms with E-state index in [9.17, 15) is 23.1 Å². The fourth-order valence-electron chi connectivity index (χ4n) is 3.30. The van der Waals surface area contributed by atoms with E-state index in [0.717, 1.165) is 11.3 Å². The second-order valence-electron chi connectivity index (χ2n) is 7.00. The summed E-state index contributed by atoms with van der Waals surface area (Å²) < 4.78 is 24.3. The number of aromatic carboxylic acids is 1. The van der Waals surface area contributed by atoms with Crippen LogP contribution >= 0.6 is 11.3 Å². The van der Waals surface area contributed by atoms with Crippen molar-refractivity contribution in [2.24, 2.45) is 10.9 Å². The molecular formula is C21H17N5O5S2. The van der Waals surface area contributed by atoms with Gasteiger partial charge in [-0.2, -0.15) is 9.78 Å². The first-order valence-electron chi connectivity index (χ1n) is 9.43.